The highest BCUT2D eigenvalue weighted by Gasteiger charge is 2.12. The summed E-state index contributed by atoms with van der Waals surface area (Å²) in [5.74, 6) is -0.406. The van der Waals surface area contributed by atoms with Gasteiger partial charge in [0.2, 0.25) is 0 Å². The van der Waals surface area contributed by atoms with Gasteiger partial charge in [0.15, 0.2) is 0 Å². The Morgan fingerprint density at radius 3 is 2.93 bits per heavy atom. The van der Waals surface area contributed by atoms with Gasteiger partial charge in [-0.1, -0.05) is 12.1 Å². The average molecular weight is 254 g/mol. The van der Waals surface area contributed by atoms with Crippen molar-refractivity contribution < 1.29 is 9.53 Å². The lowest BCUT2D eigenvalue weighted by atomic mass is 10.1. The second kappa shape index (κ2) is 4.77. The van der Waals surface area contributed by atoms with Crippen molar-refractivity contribution in [1.82, 2.24) is 0 Å². The summed E-state index contributed by atoms with van der Waals surface area (Å²) in [6.07, 6.45) is 0.269. The largest absolute Gasteiger partial charge is 0.465 e. The Labute approximate surface area is 90.4 Å². The number of carbonyl (C=O) groups is 1. The molecule has 0 aromatic heterocycles. The molecule has 3 nitrogen and oxygen atoms in total. The highest BCUT2D eigenvalue weighted by Crippen LogP contribution is 2.22. The van der Waals surface area contributed by atoms with Gasteiger partial charge < -0.3 is 4.74 Å². The van der Waals surface area contributed by atoms with Crippen LogP contribution >= 0.6 is 15.9 Å². The van der Waals surface area contributed by atoms with Gasteiger partial charge >= 0.3 is 5.97 Å². The van der Waals surface area contributed by atoms with E-state index >= 15 is 0 Å². The molecule has 0 spiro atoms. The van der Waals surface area contributed by atoms with Crippen molar-refractivity contribution in [3.8, 4) is 6.07 Å². The molecule has 0 aliphatic rings. The Bertz CT molecular complexity index is 396. The summed E-state index contributed by atoms with van der Waals surface area (Å²) in [7, 11) is 1.33. The van der Waals surface area contributed by atoms with Crippen molar-refractivity contribution in [2.75, 3.05) is 7.11 Å². The van der Waals surface area contributed by atoms with Crippen LogP contribution in [0.5, 0.6) is 0 Å². The van der Waals surface area contributed by atoms with Crippen LogP contribution in [0.1, 0.15) is 15.9 Å². The van der Waals surface area contributed by atoms with Gasteiger partial charge in [-0.2, -0.15) is 5.26 Å². The summed E-state index contributed by atoms with van der Waals surface area (Å²) in [5.41, 5.74) is 1.23. The Morgan fingerprint density at radius 2 is 2.36 bits per heavy atom. The van der Waals surface area contributed by atoms with Gasteiger partial charge in [0.1, 0.15) is 0 Å². The molecule has 4 heteroatoms. The molecule has 0 heterocycles. The first-order chi connectivity index (χ1) is 6.70. The maximum atomic E-state index is 11.3. The number of carbonyl (C=O) groups excluding carboxylic acids is 1. The normalized spacial score (nSPS) is 9.21. The minimum Gasteiger partial charge on any atom is -0.465 e. The number of hydrogen-bond acceptors (Lipinski definition) is 3. The zero-order valence-electron chi connectivity index (χ0n) is 7.58. The first-order valence-corrected chi connectivity index (χ1v) is 4.72. The molecule has 1 rings (SSSR count). The fourth-order valence-electron chi connectivity index (χ4n) is 1.07. The fourth-order valence-corrected chi connectivity index (χ4v) is 1.64. The van der Waals surface area contributed by atoms with Gasteiger partial charge in [-0.15, -0.1) is 0 Å². The van der Waals surface area contributed by atoms with Gasteiger partial charge in [-0.25, -0.2) is 4.79 Å². The fraction of sp³-hybridized carbons (Fsp3) is 0.200. The van der Waals surface area contributed by atoms with Gasteiger partial charge in [0.05, 0.1) is 25.2 Å². The third-order valence-corrected chi connectivity index (χ3v) is 2.69. The van der Waals surface area contributed by atoms with E-state index in [1.165, 1.54) is 7.11 Å². The lowest BCUT2D eigenvalue weighted by Gasteiger charge is -2.05. The zero-order chi connectivity index (χ0) is 10.6. The molecule has 0 amide bonds. The van der Waals surface area contributed by atoms with E-state index in [0.717, 1.165) is 5.56 Å². The number of esters is 1. The van der Waals surface area contributed by atoms with E-state index in [0.29, 0.717) is 10.0 Å². The zero-order valence-corrected chi connectivity index (χ0v) is 9.17. The number of benzene rings is 1. The van der Waals surface area contributed by atoms with E-state index in [9.17, 15) is 4.79 Å². The second-order valence-corrected chi connectivity index (χ2v) is 3.40. The predicted octanol–water partition coefficient (Wildman–Crippen LogP) is 2.30. The summed E-state index contributed by atoms with van der Waals surface area (Å²) >= 11 is 3.27. The Morgan fingerprint density at radius 1 is 1.64 bits per heavy atom. The number of nitrogens with zero attached hydrogens (tertiary/aromatic N) is 1. The van der Waals surface area contributed by atoms with Crippen molar-refractivity contribution in [3.05, 3.63) is 33.8 Å². The number of ether oxygens (including phenoxy) is 1. The molecule has 0 bridgehead atoms. The maximum absolute atomic E-state index is 11.3. The minimum atomic E-state index is -0.406. The van der Waals surface area contributed by atoms with E-state index in [1.54, 1.807) is 18.2 Å². The van der Waals surface area contributed by atoms with Crippen LogP contribution < -0.4 is 0 Å². The number of hydrogen-bond donors (Lipinski definition) is 0. The molecule has 0 aliphatic carbocycles. The van der Waals surface area contributed by atoms with E-state index in [-0.39, 0.29) is 6.42 Å². The molecule has 0 atom stereocenters. The average Bonchev–Trinajstić information content (AvgIpc) is 2.20. The molecular weight excluding hydrogens is 246 g/mol. The molecular formula is C10H8BrNO2. The van der Waals surface area contributed by atoms with Crippen LogP contribution in [0.25, 0.3) is 0 Å². The van der Waals surface area contributed by atoms with Crippen LogP contribution in [0.4, 0.5) is 0 Å². The number of rotatable bonds is 2. The van der Waals surface area contributed by atoms with Gasteiger partial charge in [0, 0.05) is 4.47 Å². The van der Waals surface area contributed by atoms with E-state index in [2.05, 4.69) is 20.7 Å². The smallest absolute Gasteiger partial charge is 0.339 e. The molecule has 0 aliphatic heterocycles. The summed E-state index contributed by atoms with van der Waals surface area (Å²) in [6.45, 7) is 0. The first-order valence-electron chi connectivity index (χ1n) is 3.93. The van der Waals surface area contributed by atoms with Gasteiger partial charge in [0.25, 0.3) is 0 Å². The van der Waals surface area contributed by atoms with Crippen LogP contribution in [0, 0.1) is 11.3 Å². The SMILES string of the molecule is COC(=O)c1cccc(CC#N)c1Br. The summed E-state index contributed by atoms with van der Waals surface area (Å²) in [5, 5.41) is 8.54. The summed E-state index contributed by atoms with van der Waals surface area (Å²) in [6, 6.07) is 7.19. The summed E-state index contributed by atoms with van der Waals surface area (Å²) < 4.78 is 5.23. The predicted molar refractivity (Wildman–Crippen MR) is 54.8 cm³/mol. The molecule has 0 radical (unpaired) electrons. The third-order valence-electron chi connectivity index (χ3n) is 1.75. The topological polar surface area (TPSA) is 50.1 Å². The van der Waals surface area contributed by atoms with E-state index in [1.807, 2.05) is 6.07 Å². The van der Waals surface area contributed by atoms with Gasteiger partial charge in [-0.3, -0.25) is 0 Å². The minimum absolute atomic E-state index is 0.269. The molecule has 0 saturated carbocycles. The second-order valence-electron chi connectivity index (χ2n) is 2.61. The van der Waals surface area contributed by atoms with Crippen LogP contribution in [0.3, 0.4) is 0 Å². The van der Waals surface area contributed by atoms with E-state index in [4.69, 9.17) is 5.26 Å². The van der Waals surface area contributed by atoms with E-state index < -0.39 is 5.97 Å². The van der Waals surface area contributed by atoms with Crippen LogP contribution in [0.2, 0.25) is 0 Å². The molecule has 0 N–H and O–H groups in total. The van der Waals surface area contributed by atoms with Crippen molar-refractivity contribution in [2.45, 2.75) is 6.42 Å². The van der Waals surface area contributed by atoms with Crippen molar-refractivity contribution in [3.63, 3.8) is 0 Å². The number of methoxy groups -OCH3 is 1. The number of halogens is 1. The highest BCUT2D eigenvalue weighted by molar-refractivity contribution is 9.10. The molecule has 1 aromatic rings. The molecule has 0 saturated heterocycles. The highest BCUT2D eigenvalue weighted by atomic mass is 79.9. The standard InChI is InChI=1S/C10H8BrNO2/c1-14-10(13)8-4-2-3-7(5-6-12)9(8)11/h2-4H,5H2,1H3. The van der Waals surface area contributed by atoms with Crippen molar-refractivity contribution >= 4 is 21.9 Å². The quantitative estimate of drug-likeness (QED) is 0.761. The lowest BCUT2D eigenvalue weighted by Crippen LogP contribution is -2.03. The third kappa shape index (κ3) is 2.12. The monoisotopic (exact) mass is 253 g/mol. The van der Waals surface area contributed by atoms with Crippen molar-refractivity contribution in [1.29, 1.82) is 5.26 Å². The number of nitriles is 1. The molecule has 1 aromatic carbocycles. The molecule has 14 heavy (non-hydrogen) atoms. The Balaban J connectivity index is 3.15. The molecule has 72 valence electrons. The van der Waals surface area contributed by atoms with Crippen molar-refractivity contribution in [2.24, 2.45) is 0 Å². The first kappa shape index (κ1) is 10.7. The summed E-state index contributed by atoms with van der Waals surface area (Å²) in [4.78, 5) is 11.3. The van der Waals surface area contributed by atoms with Crippen LogP contribution in [-0.4, -0.2) is 13.1 Å². The van der Waals surface area contributed by atoms with Gasteiger partial charge in [-0.05, 0) is 27.6 Å². The lowest BCUT2D eigenvalue weighted by molar-refractivity contribution is 0.0599. The molecule has 0 unspecified atom stereocenters. The van der Waals surface area contributed by atoms with Crippen LogP contribution in [0.15, 0.2) is 22.7 Å². The Kier molecular flexibility index (Phi) is 3.66. The molecule has 0 fully saturated rings. The Hall–Kier alpha value is -1.34. The van der Waals surface area contributed by atoms with Crippen LogP contribution in [-0.2, 0) is 11.2 Å². The maximum Gasteiger partial charge on any atom is 0.339 e.